The summed E-state index contributed by atoms with van der Waals surface area (Å²) in [6.45, 7) is 2.23. The molecular weight excluding hydrogens is 432 g/mol. The molecule has 0 bridgehead atoms. The Morgan fingerprint density at radius 2 is 1.76 bits per heavy atom. The zero-order chi connectivity index (χ0) is 23.8. The summed E-state index contributed by atoms with van der Waals surface area (Å²) in [4.78, 5) is 30.8. The molecule has 172 valence electrons. The number of pyridine rings is 1. The Kier molecular flexibility index (Phi) is 5.41. The molecule has 1 aliphatic rings. The van der Waals surface area contributed by atoms with Gasteiger partial charge in [-0.25, -0.2) is 4.79 Å². The van der Waals surface area contributed by atoms with Crippen LogP contribution in [0.1, 0.15) is 40.0 Å². The van der Waals surface area contributed by atoms with E-state index in [2.05, 4.69) is 39.6 Å². The summed E-state index contributed by atoms with van der Waals surface area (Å²) < 4.78 is 7.36. The molecule has 5 rings (SSSR count). The number of aromatic amines is 1. The van der Waals surface area contributed by atoms with Crippen LogP contribution in [0.5, 0.6) is 5.75 Å². The Bertz CT molecular complexity index is 1450. The van der Waals surface area contributed by atoms with Gasteiger partial charge in [-0.05, 0) is 29.2 Å². The Morgan fingerprint density at radius 1 is 1.12 bits per heavy atom. The van der Waals surface area contributed by atoms with E-state index < -0.39 is 6.09 Å². The Labute approximate surface area is 195 Å². The van der Waals surface area contributed by atoms with Crippen molar-refractivity contribution in [2.45, 2.75) is 19.3 Å². The lowest BCUT2D eigenvalue weighted by molar-refractivity contribution is 0.0958. The van der Waals surface area contributed by atoms with E-state index >= 15 is 0 Å². The van der Waals surface area contributed by atoms with Gasteiger partial charge in [-0.2, -0.15) is 0 Å². The second-order valence-electron chi connectivity index (χ2n) is 8.07. The van der Waals surface area contributed by atoms with Crippen molar-refractivity contribution in [3.05, 3.63) is 88.8 Å². The lowest BCUT2D eigenvalue weighted by atomic mass is 9.92. The average Bonchev–Trinajstić information content (AvgIpc) is 3.33. The Balaban J connectivity index is 1.71. The van der Waals surface area contributed by atoms with E-state index in [0.717, 1.165) is 5.69 Å². The maximum atomic E-state index is 12.5. The maximum Gasteiger partial charge on any atom is 0.434 e. The molecule has 4 aromatic rings. The van der Waals surface area contributed by atoms with Crippen molar-refractivity contribution >= 4 is 17.5 Å². The van der Waals surface area contributed by atoms with Gasteiger partial charge in [0.1, 0.15) is 5.75 Å². The van der Waals surface area contributed by atoms with Gasteiger partial charge in [-0.3, -0.25) is 9.20 Å². The number of fused-ring (bicyclic) bond motifs is 4. The molecule has 8 nitrogen and oxygen atoms in total. The first-order valence-corrected chi connectivity index (χ1v) is 11.1. The summed E-state index contributed by atoms with van der Waals surface area (Å²) in [5.74, 6) is 0.179. The van der Waals surface area contributed by atoms with Crippen LogP contribution >= 0.6 is 0 Å². The van der Waals surface area contributed by atoms with Gasteiger partial charge in [0, 0.05) is 37.3 Å². The second kappa shape index (κ2) is 8.55. The molecule has 2 aromatic carbocycles. The summed E-state index contributed by atoms with van der Waals surface area (Å²) in [6, 6.07) is 18.4. The molecule has 0 spiro atoms. The smallest absolute Gasteiger partial charge is 0.434 e. The highest BCUT2D eigenvalue weighted by Gasteiger charge is 2.29. The molecule has 2 heterocycles. The highest BCUT2D eigenvalue weighted by atomic mass is 16.5. The van der Waals surface area contributed by atoms with E-state index in [4.69, 9.17) is 4.74 Å². The van der Waals surface area contributed by atoms with Gasteiger partial charge in [-0.1, -0.05) is 48.5 Å². The number of ether oxygens (including phenoxy) is 1. The molecule has 0 atom stereocenters. The highest BCUT2D eigenvalue weighted by molar-refractivity contribution is 5.97. The number of imidazole rings is 1. The molecule has 1 aliphatic carbocycles. The van der Waals surface area contributed by atoms with Crippen LogP contribution in [0.4, 0.5) is 4.79 Å². The van der Waals surface area contributed by atoms with Gasteiger partial charge in [0.05, 0.1) is 17.7 Å². The number of hydrogen-bond donors (Lipinski definition) is 3. The van der Waals surface area contributed by atoms with Gasteiger partial charge in [0.15, 0.2) is 0 Å². The number of carbonyl (C=O) groups excluding carboxylic acids is 1. The molecule has 0 unspecified atom stereocenters. The third kappa shape index (κ3) is 3.53. The van der Waals surface area contributed by atoms with Crippen molar-refractivity contribution in [1.29, 1.82) is 0 Å². The zero-order valence-electron chi connectivity index (χ0n) is 18.8. The zero-order valence-corrected chi connectivity index (χ0v) is 18.8. The lowest BCUT2D eigenvalue weighted by Crippen LogP contribution is -2.21. The van der Waals surface area contributed by atoms with E-state index in [1.807, 2.05) is 31.2 Å². The Hall–Kier alpha value is -4.33. The van der Waals surface area contributed by atoms with Gasteiger partial charge >= 0.3 is 6.09 Å². The van der Waals surface area contributed by atoms with Gasteiger partial charge in [0.2, 0.25) is 5.62 Å². The van der Waals surface area contributed by atoms with E-state index in [9.17, 15) is 14.7 Å². The fourth-order valence-electron chi connectivity index (χ4n) is 4.79. The molecule has 0 saturated heterocycles. The van der Waals surface area contributed by atoms with Crippen LogP contribution in [0.2, 0.25) is 0 Å². The third-order valence-corrected chi connectivity index (χ3v) is 6.19. The number of carboxylic acid groups (broad SMARTS) is 1. The van der Waals surface area contributed by atoms with Crippen molar-refractivity contribution in [2.24, 2.45) is 4.99 Å². The summed E-state index contributed by atoms with van der Waals surface area (Å²) in [5.41, 5.74) is 6.80. The van der Waals surface area contributed by atoms with Crippen molar-refractivity contribution in [2.75, 3.05) is 13.7 Å². The summed E-state index contributed by atoms with van der Waals surface area (Å²) in [6.07, 6.45) is 0.837. The minimum Gasteiger partial charge on any atom is -0.493 e. The average molecular weight is 457 g/mol. The molecule has 2 amide bonds. The molecule has 0 aliphatic heterocycles. The minimum absolute atomic E-state index is 0.0849. The van der Waals surface area contributed by atoms with E-state index in [1.165, 1.54) is 29.3 Å². The van der Waals surface area contributed by atoms with E-state index in [-0.39, 0.29) is 17.4 Å². The first kappa shape index (κ1) is 21.5. The van der Waals surface area contributed by atoms with E-state index in [1.54, 1.807) is 16.7 Å². The summed E-state index contributed by atoms with van der Waals surface area (Å²) >= 11 is 0. The van der Waals surface area contributed by atoms with Crippen LogP contribution in [0.25, 0.3) is 16.6 Å². The Morgan fingerprint density at radius 3 is 2.35 bits per heavy atom. The van der Waals surface area contributed by atoms with Gasteiger partial charge < -0.3 is 20.1 Å². The van der Waals surface area contributed by atoms with Crippen LogP contribution in [0.15, 0.2) is 65.8 Å². The van der Waals surface area contributed by atoms with Crippen LogP contribution in [-0.2, 0) is 6.42 Å². The van der Waals surface area contributed by atoms with Crippen LogP contribution in [-0.4, -0.2) is 40.1 Å². The number of H-pyrrole nitrogens is 1. The lowest BCUT2D eigenvalue weighted by Gasteiger charge is -2.14. The standard InChI is InChI=1S/C26H24N4O4/c1-3-34-23-13-22-21(28-25(29-26(32)33)30(22)14-20(23)24(31)27-2)12-19-17-10-6-4-8-15(17)16-9-5-7-11-18(16)19/h4-11,13-14,19H,3,12H2,1-2H3,(H,27,31)(H,28,29)(H,32,33). The molecule has 0 radical (unpaired) electrons. The number of carbonyl (C=O) groups is 2. The van der Waals surface area contributed by atoms with Crippen LogP contribution < -0.4 is 15.7 Å². The number of hydrogen-bond acceptors (Lipinski definition) is 3. The van der Waals surface area contributed by atoms with Gasteiger partial charge in [0.25, 0.3) is 5.91 Å². The van der Waals surface area contributed by atoms with E-state index in [0.29, 0.717) is 29.9 Å². The number of amides is 2. The predicted molar refractivity (Wildman–Crippen MR) is 127 cm³/mol. The first-order valence-electron chi connectivity index (χ1n) is 11.1. The van der Waals surface area contributed by atoms with Crippen molar-refractivity contribution in [3.63, 3.8) is 0 Å². The maximum absolute atomic E-state index is 12.5. The van der Waals surface area contributed by atoms with Crippen LogP contribution in [0.3, 0.4) is 0 Å². The normalized spacial score (nSPS) is 13.1. The number of nitrogens with zero attached hydrogens (tertiary/aromatic N) is 2. The molecule has 2 aromatic heterocycles. The minimum atomic E-state index is -1.32. The van der Waals surface area contributed by atoms with Crippen molar-refractivity contribution < 1.29 is 19.4 Å². The first-order chi connectivity index (χ1) is 16.5. The predicted octanol–water partition coefficient (Wildman–Crippen LogP) is 3.96. The molecule has 3 N–H and O–H groups in total. The molecule has 8 heteroatoms. The van der Waals surface area contributed by atoms with Crippen molar-refractivity contribution in [3.8, 4) is 16.9 Å². The number of aromatic nitrogens is 2. The van der Waals surface area contributed by atoms with Crippen molar-refractivity contribution in [1.82, 2.24) is 14.7 Å². The largest absolute Gasteiger partial charge is 0.493 e. The monoisotopic (exact) mass is 456 g/mol. The quantitative estimate of drug-likeness (QED) is 0.422. The fraction of sp³-hybridized carbons (Fsp3) is 0.192. The number of benzene rings is 2. The third-order valence-electron chi connectivity index (χ3n) is 6.19. The summed E-state index contributed by atoms with van der Waals surface area (Å²) in [7, 11) is 1.53. The highest BCUT2D eigenvalue weighted by Crippen LogP contribution is 2.46. The number of nitrogens with one attached hydrogen (secondary N) is 2. The summed E-state index contributed by atoms with van der Waals surface area (Å²) in [5, 5.41) is 11.9. The molecule has 0 fully saturated rings. The fourth-order valence-corrected chi connectivity index (χ4v) is 4.79. The molecule has 34 heavy (non-hydrogen) atoms. The molecular formula is C26H24N4O4. The SMILES string of the molecule is CCOc1cc2c(CC3c4ccccc4-c4ccccc43)[nH]c(=NC(=O)O)n2cc1C(=O)NC. The second-order valence-corrected chi connectivity index (χ2v) is 8.07. The van der Waals surface area contributed by atoms with Crippen LogP contribution in [0, 0.1) is 0 Å². The topological polar surface area (TPSA) is 108 Å². The molecule has 0 saturated carbocycles. The van der Waals surface area contributed by atoms with Gasteiger partial charge in [-0.15, -0.1) is 4.99 Å². The number of rotatable bonds is 5.